The van der Waals surface area contributed by atoms with Gasteiger partial charge in [0.1, 0.15) is 22.9 Å². The molecule has 9 heteroatoms. The molecular weight excluding hydrogens is 404 g/mol. The molecule has 0 aliphatic heterocycles. The van der Waals surface area contributed by atoms with Gasteiger partial charge in [-0.1, -0.05) is 23.4 Å². The topological polar surface area (TPSA) is 74.8 Å². The highest BCUT2D eigenvalue weighted by Gasteiger charge is 2.15. The lowest BCUT2D eigenvalue weighted by molar-refractivity contribution is 0.413. The second-order valence-electron chi connectivity index (χ2n) is 6.96. The van der Waals surface area contributed by atoms with E-state index < -0.39 is 17.2 Å². The van der Waals surface area contributed by atoms with Crippen LogP contribution in [0.15, 0.2) is 65.7 Å². The van der Waals surface area contributed by atoms with Crippen LogP contribution >= 0.6 is 0 Å². The van der Waals surface area contributed by atoms with Gasteiger partial charge in [0, 0.05) is 17.6 Å². The molecule has 0 aliphatic carbocycles. The van der Waals surface area contributed by atoms with Gasteiger partial charge >= 0.3 is 0 Å². The lowest BCUT2D eigenvalue weighted by Crippen LogP contribution is -2.21. The van der Waals surface area contributed by atoms with Crippen LogP contribution in [0.3, 0.4) is 0 Å². The number of para-hydroxylation sites is 1. The molecule has 0 saturated carbocycles. The van der Waals surface area contributed by atoms with E-state index in [0.717, 1.165) is 34.7 Å². The highest BCUT2D eigenvalue weighted by molar-refractivity contribution is 5.83. The summed E-state index contributed by atoms with van der Waals surface area (Å²) in [6.45, 7) is 0.240. The van der Waals surface area contributed by atoms with E-state index in [1.807, 2.05) is 24.3 Å². The van der Waals surface area contributed by atoms with Crippen LogP contribution in [0.2, 0.25) is 0 Å². The summed E-state index contributed by atoms with van der Waals surface area (Å²) in [5.41, 5.74) is 1.78. The molecule has 2 aromatic carbocycles. The number of hydrogen-bond acceptors (Lipinski definition) is 5. The van der Waals surface area contributed by atoms with Crippen molar-refractivity contribution in [1.29, 1.82) is 0 Å². The average molecular weight is 419 g/mol. The van der Waals surface area contributed by atoms with Crippen LogP contribution in [-0.4, -0.2) is 31.7 Å². The number of ether oxygens (including phenoxy) is 1. The van der Waals surface area contributed by atoms with E-state index in [0.29, 0.717) is 11.3 Å². The van der Waals surface area contributed by atoms with Gasteiger partial charge in [0.2, 0.25) is 0 Å². The Balaban J connectivity index is 1.64. The van der Waals surface area contributed by atoms with Crippen LogP contribution in [-0.2, 0) is 6.54 Å². The zero-order valence-corrected chi connectivity index (χ0v) is 16.3. The van der Waals surface area contributed by atoms with Crippen molar-refractivity contribution in [3.05, 3.63) is 88.5 Å². The number of methoxy groups -OCH3 is 1. The van der Waals surface area contributed by atoms with Crippen molar-refractivity contribution >= 4 is 21.9 Å². The van der Waals surface area contributed by atoms with Crippen molar-refractivity contribution in [1.82, 2.24) is 24.5 Å². The van der Waals surface area contributed by atoms with Crippen molar-refractivity contribution in [2.75, 3.05) is 7.11 Å². The van der Waals surface area contributed by atoms with Crippen LogP contribution in [0.1, 0.15) is 5.56 Å². The molecule has 0 spiro atoms. The average Bonchev–Trinajstić information content (AvgIpc) is 3.16. The number of nitrogens with zero attached hydrogens (tertiary/aromatic N) is 5. The minimum absolute atomic E-state index is 0.0797. The van der Waals surface area contributed by atoms with Crippen molar-refractivity contribution < 1.29 is 13.5 Å². The Morgan fingerprint density at radius 2 is 1.87 bits per heavy atom. The van der Waals surface area contributed by atoms with Crippen LogP contribution in [0.5, 0.6) is 5.75 Å². The van der Waals surface area contributed by atoms with Crippen molar-refractivity contribution in [2.45, 2.75) is 6.54 Å². The minimum atomic E-state index is -0.772. The number of rotatable bonds is 4. The third-order valence-electron chi connectivity index (χ3n) is 5.01. The zero-order valence-electron chi connectivity index (χ0n) is 16.3. The SMILES string of the molecule is COc1cnc2c(Cn3nnc4ccn(-c5cc(F)cc(F)c5)c(=O)c43)cccc2c1. The van der Waals surface area contributed by atoms with Gasteiger partial charge in [-0.05, 0) is 29.8 Å². The quantitative estimate of drug-likeness (QED) is 0.446. The third-order valence-corrected chi connectivity index (χ3v) is 5.01. The van der Waals surface area contributed by atoms with Gasteiger partial charge in [-0.15, -0.1) is 5.10 Å². The van der Waals surface area contributed by atoms with Crippen molar-refractivity contribution in [3.63, 3.8) is 0 Å². The van der Waals surface area contributed by atoms with Crippen LogP contribution < -0.4 is 10.3 Å². The highest BCUT2D eigenvalue weighted by Crippen LogP contribution is 2.22. The third kappa shape index (κ3) is 3.29. The first-order valence-corrected chi connectivity index (χ1v) is 9.36. The van der Waals surface area contributed by atoms with Gasteiger partial charge in [-0.3, -0.25) is 14.3 Å². The molecule has 0 aliphatic rings. The first-order chi connectivity index (χ1) is 15.0. The number of benzene rings is 2. The summed E-state index contributed by atoms with van der Waals surface area (Å²) in [6, 6.07) is 12.1. The monoisotopic (exact) mass is 419 g/mol. The standard InChI is InChI=1S/C22H15F2N5O2/c1-31-18-7-13-3-2-4-14(20(13)25-11-18)12-29-21-19(26-27-29)5-6-28(22(21)30)17-9-15(23)8-16(24)10-17/h2-11H,12H2,1H3. The summed E-state index contributed by atoms with van der Waals surface area (Å²) < 4.78 is 35.2. The molecule has 0 N–H and O–H groups in total. The maximum atomic E-state index is 13.7. The van der Waals surface area contributed by atoms with Gasteiger partial charge in [0.25, 0.3) is 5.56 Å². The molecule has 0 amide bonds. The van der Waals surface area contributed by atoms with Gasteiger partial charge in [0.05, 0.1) is 31.1 Å². The predicted molar refractivity (Wildman–Crippen MR) is 110 cm³/mol. The first-order valence-electron chi connectivity index (χ1n) is 9.36. The van der Waals surface area contributed by atoms with Gasteiger partial charge in [-0.25, -0.2) is 13.5 Å². The highest BCUT2D eigenvalue weighted by atomic mass is 19.1. The lowest BCUT2D eigenvalue weighted by atomic mass is 10.1. The summed E-state index contributed by atoms with van der Waals surface area (Å²) in [5, 5.41) is 9.06. The maximum absolute atomic E-state index is 13.7. The molecule has 0 fully saturated rings. The predicted octanol–water partition coefficient (Wildman–Crippen LogP) is 3.47. The summed E-state index contributed by atoms with van der Waals surface area (Å²) in [4.78, 5) is 17.6. The fourth-order valence-electron chi connectivity index (χ4n) is 3.58. The Hall–Kier alpha value is -4.14. The van der Waals surface area contributed by atoms with Crippen LogP contribution in [0.25, 0.3) is 27.6 Å². The Morgan fingerprint density at radius 1 is 1.06 bits per heavy atom. The number of fused-ring (bicyclic) bond motifs is 2. The molecule has 5 aromatic rings. The normalized spacial score (nSPS) is 11.3. The summed E-state index contributed by atoms with van der Waals surface area (Å²) in [5.74, 6) is -0.905. The molecule has 0 atom stereocenters. The van der Waals surface area contributed by atoms with Crippen LogP contribution in [0, 0.1) is 11.6 Å². The van der Waals surface area contributed by atoms with E-state index in [9.17, 15) is 13.6 Å². The zero-order chi connectivity index (χ0) is 21.5. The molecule has 3 heterocycles. The van der Waals surface area contributed by atoms with E-state index in [1.165, 1.54) is 15.4 Å². The number of halogens is 2. The molecule has 5 rings (SSSR count). The Labute approximate surface area is 174 Å². The van der Waals surface area contributed by atoms with Crippen molar-refractivity contribution in [2.24, 2.45) is 0 Å². The summed E-state index contributed by atoms with van der Waals surface area (Å²) in [6.07, 6.45) is 3.04. The molecule has 7 nitrogen and oxygen atoms in total. The molecule has 0 bridgehead atoms. The molecule has 0 saturated heterocycles. The van der Waals surface area contributed by atoms with E-state index in [1.54, 1.807) is 19.4 Å². The maximum Gasteiger partial charge on any atom is 0.282 e. The van der Waals surface area contributed by atoms with Gasteiger partial charge < -0.3 is 4.74 Å². The molecule has 3 aromatic heterocycles. The summed E-state index contributed by atoms with van der Waals surface area (Å²) >= 11 is 0. The number of aromatic nitrogens is 5. The lowest BCUT2D eigenvalue weighted by Gasteiger charge is -2.09. The number of hydrogen-bond donors (Lipinski definition) is 0. The minimum Gasteiger partial charge on any atom is -0.495 e. The smallest absolute Gasteiger partial charge is 0.282 e. The van der Waals surface area contributed by atoms with Crippen LogP contribution in [0.4, 0.5) is 8.78 Å². The molecule has 31 heavy (non-hydrogen) atoms. The van der Waals surface area contributed by atoms with Crippen molar-refractivity contribution in [3.8, 4) is 11.4 Å². The van der Waals surface area contributed by atoms with Gasteiger partial charge in [-0.2, -0.15) is 0 Å². The Morgan fingerprint density at radius 3 is 2.65 bits per heavy atom. The largest absolute Gasteiger partial charge is 0.495 e. The second-order valence-corrected chi connectivity index (χ2v) is 6.96. The first kappa shape index (κ1) is 18.9. The fourth-order valence-corrected chi connectivity index (χ4v) is 3.58. The second kappa shape index (κ2) is 7.28. The van der Waals surface area contributed by atoms with E-state index in [4.69, 9.17) is 4.74 Å². The fraction of sp³-hybridized carbons (Fsp3) is 0.0909. The molecule has 154 valence electrons. The summed E-state index contributed by atoms with van der Waals surface area (Å²) in [7, 11) is 1.57. The van der Waals surface area contributed by atoms with E-state index in [-0.39, 0.29) is 17.7 Å². The Kier molecular flexibility index (Phi) is 4.43. The molecule has 0 unspecified atom stereocenters. The van der Waals surface area contributed by atoms with E-state index in [2.05, 4.69) is 15.3 Å². The molecule has 0 radical (unpaired) electrons. The number of pyridine rings is 2. The Bertz CT molecular complexity index is 1490. The molecular formula is C22H15F2N5O2. The van der Waals surface area contributed by atoms with E-state index >= 15 is 0 Å². The van der Waals surface area contributed by atoms with Gasteiger partial charge in [0.15, 0.2) is 5.52 Å².